The molecule has 1 heterocycles. The van der Waals surface area contributed by atoms with Crippen molar-refractivity contribution in [1.29, 1.82) is 0 Å². The lowest BCUT2D eigenvalue weighted by Gasteiger charge is -2.34. The van der Waals surface area contributed by atoms with Crippen molar-refractivity contribution in [3.05, 3.63) is 77.4 Å². The lowest BCUT2D eigenvalue weighted by Crippen LogP contribution is -2.50. The Kier molecular flexibility index (Phi) is 7.45. The first-order valence-corrected chi connectivity index (χ1v) is 11.7. The monoisotopic (exact) mass is 460 g/mol. The molecule has 178 valence electrons. The first kappa shape index (κ1) is 23.7. The zero-order chi connectivity index (χ0) is 24.1. The lowest BCUT2D eigenvalue weighted by molar-refractivity contribution is 0.0939. The molecule has 1 atom stereocenters. The molecule has 0 aromatic heterocycles. The van der Waals surface area contributed by atoms with Crippen LogP contribution in [-0.4, -0.2) is 66.2 Å². The van der Waals surface area contributed by atoms with Crippen LogP contribution in [0, 0.1) is 6.92 Å². The second kappa shape index (κ2) is 10.7. The Bertz CT molecular complexity index is 1170. The Hall–Kier alpha value is -3.42. The van der Waals surface area contributed by atoms with E-state index >= 15 is 0 Å². The van der Waals surface area contributed by atoms with Crippen molar-refractivity contribution in [2.45, 2.75) is 19.9 Å². The van der Waals surface area contributed by atoms with Gasteiger partial charge in [-0.05, 0) is 47.9 Å². The molecule has 1 saturated heterocycles. The number of nitrogens with one attached hydrogen (secondary N) is 2. The quantitative estimate of drug-likeness (QED) is 0.523. The van der Waals surface area contributed by atoms with Crippen LogP contribution in [0.3, 0.4) is 0 Å². The normalized spacial score (nSPS) is 15.2. The van der Waals surface area contributed by atoms with Crippen molar-refractivity contribution >= 4 is 28.4 Å². The highest BCUT2D eigenvalue weighted by Crippen LogP contribution is 2.25. The van der Waals surface area contributed by atoms with E-state index in [1.54, 1.807) is 11.0 Å². The van der Waals surface area contributed by atoms with E-state index in [-0.39, 0.29) is 24.6 Å². The molecule has 0 bridgehead atoms. The highest BCUT2D eigenvalue weighted by molar-refractivity contribution is 5.98. The Balaban J connectivity index is 1.43. The average Bonchev–Trinajstić information content (AvgIpc) is 2.85. The minimum atomic E-state index is -0.178. The molecule has 7 heteroatoms. The fourth-order valence-electron chi connectivity index (χ4n) is 4.44. The van der Waals surface area contributed by atoms with E-state index in [2.05, 4.69) is 33.7 Å². The van der Waals surface area contributed by atoms with E-state index < -0.39 is 0 Å². The first-order chi connectivity index (χ1) is 16.5. The number of hydrogen-bond donors (Lipinski definition) is 3. The Labute approximate surface area is 200 Å². The molecule has 0 aliphatic carbocycles. The van der Waals surface area contributed by atoms with Crippen molar-refractivity contribution in [2.24, 2.45) is 0 Å². The predicted octanol–water partition coefficient (Wildman–Crippen LogP) is 3.78. The van der Waals surface area contributed by atoms with E-state index in [0.29, 0.717) is 30.9 Å². The van der Waals surface area contributed by atoms with Crippen LogP contribution in [0.4, 0.5) is 10.5 Å². The van der Waals surface area contributed by atoms with Crippen LogP contribution in [0.25, 0.3) is 10.8 Å². The van der Waals surface area contributed by atoms with Crippen LogP contribution in [0.2, 0.25) is 0 Å². The van der Waals surface area contributed by atoms with Gasteiger partial charge in [-0.25, -0.2) is 4.79 Å². The fourth-order valence-corrected chi connectivity index (χ4v) is 4.44. The smallest absolute Gasteiger partial charge is 0.321 e. The number of anilines is 1. The highest BCUT2D eigenvalue weighted by Gasteiger charge is 2.21. The summed E-state index contributed by atoms with van der Waals surface area (Å²) < 4.78 is 0. The number of urea groups is 1. The number of aryl methyl sites for hydroxylation is 1. The number of carbonyl (C=O) groups excluding carboxylic acids is 2. The summed E-state index contributed by atoms with van der Waals surface area (Å²) in [6.45, 7) is 7.31. The summed E-state index contributed by atoms with van der Waals surface area (Å²) in [4.78, 5) is 29.8. The SMILES string of the molecule is Cc1ccc(NC(=O)N2CCN(CCO)CC2)cc1C(=O)N[C@H](C)c1cccc2ccccc12. The van der Waals surface area contributed by atoms with Gasteiger partial charge in [0.2, 0.25) is 0 Å². The van der Waals surface area contributed by atoms with Gasteiger partial charge in [0.15, 0.2) is 0 Å². The number of rotatable bonds is 6. The Morgan fingerprint density at radius 2 is 1.74 bits per heavy atom. The van der Waals surface area contributed by atoms with Gasteiger partial charge in [-0.15, -0.1) is 0 Å². The third kappa shape index (κ3) is 5.38. The van der Waals surface area contributed by atoms with Crippen LogP contribution >= 0.6 is 0 Å². The summed E-state index contributed by atoms with van der Waals surface area (Å²) in [6.07, 6.45) is 0. The van der Waals surface area contributed by atoms with Crippen molar-refractivity contribution in [3.63, 3.8) is 0 Å². The average molecular weight is 461 g/mol. The first-order valence-electron chi connectivity index (χ1n) is 11.7. The van der Waals surface area contributed by atoms with Gasteiger partial charge in [0.1, 0.15) is 0 Å². The number of benzene rings is 3. The number of aliphatic hydroxyl groups is 1. The molecule has 0 spiro atoms. The van der Waals surface area contributed by atoms with Gasteiger partial charge in [0.25, 0.3) is 5.91 Å². The Morgan fingerprint density at radius 1 is 1.00 bits per heavy atom. The molecule has 0 unspecified atom stereocenters. The summed E-state index contributed by atoms with van der Waals surface area (Å²) in [5.41, 5.74) is 3.04. The zero-order valence-electron chi connectivity index (χ0n) is 19.8. The lowest BCUT2D eigenvalue weighted by atomic mass is 9.99. The number of hydrogen-bond acceptors (Lipinski definition) is 4. The molecule has 3 aromatic rings. The van der Waals surface area contributed by atoms with Crippen LogP contribution in [-0.2, 0) is 0 Å². The van der Waals surface area contributed by atoms with E-state index in [4.69, 9.17) is 5.11 Å². The summed E-state index contributed by atoms with van der Waals surface area (Å²) in [5, 5.41) is 17.4. The van der Waals surface area contributed by atoms with Crippen LogP contribution in [0.15, 0.2) is 60.7 Å². The molecule has 0 saturated carbocycles. The third-order valence-electron chi connectivity index (χ3n) is 6.45. The molecule has 1 aliphatic rings. The number of amides is 3. The van der Waals surface area contributed by atoms with Crippen molar-refractivity contribution in [3.8, 4) is 0 Å². The molecule has 1 fully saturated rings. The van der Waals surface area contributed by atoms with Gasteiger partial charge < -0.3 is 20.6 Å². The molecule has 3 N–H and O–H groups in total. The van der Waals surface area contributed by atoms with E-state index in [0.717, 1.165) is 35.0 Å². The van der Waals surface area contributed by atoms with Gasteiger partial charge in [-0.2, -0.15) is 0 Å². The molecule has 3 aromatic carbocycles. The van der Waals surface area contributed by atoms with Gasteiger partial charge in [-0.3, -0.25) is 9.69 Å². The number of β-amino-alcohol motifs (C(OH)–C–C–N with tert-alkyl or cyclic N) is 1. The van der Waals surface area contributed by atoms with Gasteiger partial charge >= 0.3 is 6.03 Å². The molecule has 4 rings (SSSR count). The highest BCUT2D eigenvalue weighted by atomic mass is 16.3. The molecule has 7 nitrogen and oxygen atoms in total. The third-order valence-corrected chi connectivity index (χ3v) is 6.45. The van der Waals surface area contributed by atoms with E-state index in [1.165, 1.54) is 0 Å². The summed E-state index contributed by atoms with van der Waals surface area (Å²) >= 11 is 0. The van der Waals surface area contributed by atoms with E-state index in [1.807, 2.05) is 50.2 Å². The van der Waals surface area contributed by atoms with Crippen molar-refractivity contribution in [2.75, 3.05) is 44.6 Å². The predicted molar refractivity (Wildman–Crippen MR) is 135 cm³/mol. The number of nitrogens with zero attached hydrogens (tertiary/aromatic N) is 2. The summed E-state index contributed by atoms with van der Waals surface area (Å²) in [6, 6.07) is 19.3. The number of aliphatic hydroxyl groups excluding tert-OH is 1. The fraction of sp³-hybridized carbons (Fsp3) is 0.333. The number of piperazine rings is 1. The molecular formula is C27H32N4O3. The number of carbonyl (C=O) groups is 2. The second-order valence-corrected chi connectivity index (χ2v) is 8.78. The molecular weight excluding hydrogens is 428 g/mol. The van der Waals surface area contributed by atoms with Gasteiger partial charge in [-0.1, -0.05) is 48.5 Å². The summed E-state index contributed by atoms with van der Waals surface area (Å²) in [7, 11) is 0. The maximum absolute atomic E-state index is 13.2. The van der Waals surface area contributed by atoms with Crippen LogP contribution in [0.5, 0.6) is 0 Å². The molecule has 1 aliphatic heterocycles. The van der Waals surface area contributed by atoms with Crippen molar-refractivity contribution < 1.29 is 14.7 Å². The molecule has 0 radical (unpaired) electrons. The largest absolute Gasteiger partial charge is 0.395 e. The maximum Gasteiger partial charge on any atom is 0.321 e. The minimum Gasteiger partial charge on any atom is -0.395 e. The zero-order valence-corrected chi connectivity index (χ0v) is 19.8. The Morgan fingerprint density at radius 3 is 2.50 bits per heavy atom. The van der Waals surface area contributed by atoms with Crippen LogP contribution in [0.1, 0.15) is 34.5 Å². The van der Waals surface area contributed by atoms with Gasteiger partial charge in [0, 0.05) is 44.0 Å². The summed E-state index contributed by atoms with van der Waals surface area (Å²) in [5.74, 6) is -0.174. The standard InChI is InChI=1S/C27H32N4O3/c1-19-10-11-22(29-27(34)31-14-12-30(13-15-31)16-17-32)18-25(19)26(33)28-20(2)23-9-5-7-21-6-3-4-8-24(21)23/h3-11,18,20,32H,12-17H2,1-2H3,(H,28,33)(H,29,34)/t20-/m1/s1. The van der Waals surface area contributed by atoms with Crippen LogP contribution < -0.4 is 10.6 Å². The molecule has 3 amide bonds. The topological polar surface area (TPSA) is 84.9 Å². The molecule has 34 heavy (non-hydrogen) atoms. The second-order valence-electron chi connectivity index (χ2n) is 8.78. The maximum atomic E-state index is 13.2. The van der Waals surface area contributed by atoms with Gasteiger partial charge in [0.05, 0.1) is 12.6 Å². The van der Waals surface area contributed by atoms with E-state index in [9.17, 15) is 9.59 Å². The number of fused-ring (bicyclic) bond motifs is 1. The minimum absolute atomic E-state index is 0.125. The van der Waals surface area contributed by atoms with Crippen molar-refractivity contribution in [1.82, 2.24) is 15.1 Å².